The number of halogens is 1. The molecule has 35 heavy (non-hydrogen) atoms. The molecule has 1 saturated carbocycles. The maximum absolute atomic E-state index is 14.6. The summed E-state index contributed by atoms with van der Waals surface area (Å²) in [4.78, 5) is 28.2. The predicted molar refractivity (Wildman–Crippen MR) is 129 cm³/mol. The first-order valence-electron chi connectivity index (χ1n) is 11.7. The first kappa shape index (κ1) is 25.3. The van der Waals surface area contributed by atoms with Crippen LogP contribution < -0.4 is 10.0 Å². The summed E-state index contributed by atoms with van der Waals surface area (Å²) in [5, 5.41) is 5.30. The highest BCUT2D eigenvalue weighted by Crippen LogP contribution is 2.27. The number of rotatable bonds is 8. The summed E-state index contributed by atoms with van der Waals surface area (Å²) < 4.78 is 44.2. The van der Waals surface area contributed by atoms with Gasteiger partial charge >= 0.3 is 0 Å². The number of nitrogens with zero attached hydrogens (tertiary/aromatic N) is 2. The lowest BCUT2D eigenvalue weighted by Crippen LogP contribution is -2.49. The second-order valence-corrected chi connectivity index (χ2v) is 10.7. The van der Waals surface area contributed by atoms with Gasteiger partial charge in [0.25, 0.3) is 5.91 Å². The molecule has 10 heteroatoms. The molecule has 0 bridgehead atoms. The minimum atomic E-state index is -3.98. The molecule has 1 saturated heterocycles. The van der Waals surface area contributed by atoms with Crippen LogP contribution in [0.15, 0.2) is 41.3 Å². The number of amides is 1. The van der Waals surface area contributed by atoms with Gasteiger partial charge in [0, 0.05) is 43.9 Å². The molecule has 2 fully saturated rings. The summed E-state index contributed by atoms with van der Waals surface area (Å²) in [6, 6.07) is 8.68. The van der Waals surface area contributed by atoms with Crippen LogP contribution in [0.4, 0.5) is 10.1 Å². The molecular formula is C25H30FN3O5S. The zero-order chi connectivity index (χ0) is 25.2. The lowest BCUT2D eigenvalue weighted by Gasteiger charge is -2.36. The van der Waals surface area contributed by atoms with Gasteiger partial charge in [-0.2, -0.15) is 0 Å². The molecule has 2 aromatic rings. The number of sulfonamides is 1. The van der Waals surface area contributed by atoms with Crippen molar-refractivity contribution in [1.29, 1.82) is 0 Å². The van der Waals surface area contributed by atoms with Gasteiger partial charge in [0.1, 0.15) is 5.82 Å². The first-order chi connectivity index (χ1) is 16.6. The molecule has 0 spiro atoms. The van der Waals surface area contributed by atoms with E-state index < -0.39 is 15.8 Å². The van der Waals surface area contributed by atoms with E-state index in [1.807, 2.05) is 4.90 Å². The van der Waals surface area contributed by atoms with Crippen LogP contribution in [-0.2, 0) is 21.4 Å². The standard InChI is InChI=1S/C25H30FN3O5S/c1-17(30)19-6-8-24(23(26)13-19)28-9-11-29(12-10-28)25(31)22-14-21(35(27,32)33)7-5-20(22)16-34-15-18-3-2-4-18/h5-8,13-14,18H,2-4,9-12,15-16H2,1H3,(H2,27,32,33). The predicted octanol–water partition coefficient (Wildman–Crippen LogP) is 2.95. The summed E-state index contributed by atoms with van der Waals surface area (Å²) in [5.74, 6) is -0.468. The van der Waals surface area contributed by atoms with Crippen LogP contribution >= 0.6 is 0 Å². The molecule has 0 unspecified atom stereocenters. The number of hydrogen-bond acceptors (Lipinski definition) is 6. The van der Waals surface area contributed by atoms with Crippen LogP contribution in [0.3, 0.4) is 0 Å². The first-order valence-corrected chi connectivity index (χ1v) is 13.3. The fourth-order valence-corrected chi connectivity index (χ4v) is 4.90. The van der Waals surface area contributed by atoms with Crippen molar-refractivity contribution in [3.05, 3.63) is 58.9 Å². The number of nitrogens with two attached hydrogens (primary N) is 1. The Bertz CT molecular complexity index is 1220. The fourth-order valence-electron chi connectivity index (χ4n) is 4.36. The number of ketones is 1. The molecule has 2 N–H and O–H groups in total. The minimum Gasteiger partial charge on any atom is -0.376 e. The summed E-state index contributed by atoms with van der Waals surface area (Å²) in [6.45, 7) is 3.64. The van der Waals surface area contributed by atoms with Crippen molar-refractivity contribution in [2.45, 2.75) is 37.7 Å². The van der Waals surface area contributed by atoms with Crippen LogP contribution in [0.2, 0.25) is 0 Å². The summed E-state index contributed by atoms with van der Waals surface area (Å²) in [6.07, 6.45) is 3.48. The zero-order valence-corrected chi connectivity index (χ0v) is 20.5. The van der Waals surface area contributed by atoms with Gasteiger partial charge < -0.3 is 14.5 Å². The number of piperazine rings is 1. The molecule has 2 aliphatic rings. The maximum Gasteiger partial charge on any atom is 0.254 e. The van der Waals surface area contributed by atoms with E-state index in [0.29, 0.717) is 55.5 Å². The lowest BCUT2D eigenvalue weighted by atomic mass is 9.86. The smallest absolute Gasteiger partial charge is 0.254 e. The molecule has 4 rings (SSSR count). The zero-order valence-electron chi connectivity index (χ0n) is 19.7. The van der Waals surface area contributed by atoms with Gasteiger partial charge in [-0.25, -0.2) is 17.9 Å². The Morgan fingerprint density at radius 2 is 1.80 bits per heavy atom. The number of primary sulfonamides is 1. The SMILES string of the molecule is CC(=O)c1ccc(N2CCN(C(=O)c3cc(S(N)(=O)=O)ccc3COCC3CCC3)CC2)c(F)c1. The normalized spacial score (nSPS) is 16.8. The van der Waals surface area contributed by atoms with E-state index in [1.165, 1.54) is 31.5 Å². The highest BCUT2D eigenvalue weighted by molar-refractivity contribution is 7.89. The Hall–Kier alpha value is -2.82. The number of carbonyl (C=O) groups is 2. The van der Waals surface area contributed by atoms with Gasteiger partial charge in [-0.05, 0) is 61.6 Å². The van der Waals surface area contributed by atoms with Crippen molar-refractivity contribution >= 4 is 27.4 Å². The Labute approximate surface area is 204 Å². The van der Waals surface area contributed by atoms with Gasteiger partial charge in [0.2, 0.25) is 10.0 Å². The van der Waals surface area contributed by atoms with E-state index in [1.54, 1.807) is 23.1 Å². The third-order valence-electron chi connectivity index (χ3n) is 6.74. The van der Waals surface area contributed by atoms with E-state index in [4.69, 9.17) is 9.88 Å². The number of ether oxygens (including phenoxy) is 1. The van der Waals surface area contributed by atoms with Crippen molar-refractivity contribution in [3.63, 3.8) is 0 Å². The van der Waals surface area contributed by atoms with Crippen LogP contribution in [0, 0.1) is 11.7 Å². The molecule has 8 nitrogen and oxygen atoms in total. The van der Waals surface area contributed by atoms with Crippen LogP contribution in [0.5, 0.6) is 0 Å². The van der Waals surface area contributed by atoms with Crippen LogP contribution in [-0.4, -0.2) is 57.8 Å². The Morgan fingerprint density at radius 3 is 2.37 bits per heavy atom. The highest BCUT2D eigenvalue weighted by Gasteiger charge is 2.27. The van der Waals surface area contributed by atoms with Crippen molar-refractivity contribution in [1.82, 2.24) is 4.90 Å². The van der Waals surface area contributed by atoms with Gasteiger partial charge in [-0.15, -0.1) is 0 Å². The van der Waals surface area contributed by atoms with Crippen LogP contribution in [0.1, 0.15) is 52.5 Å². The molecule has 2 aromatic carbocycles. The summed E-state index contributed by atoms with van der Waals surface area (Å²) in [7, 11) is -3.98. The van der Waals surface area contributed by atoms with Gasteiger partial charge in [-0.3, -0.25) is 9.59 Å². The minimum absolute atomic E-state index is 0.130. The summed E-state index contributed by atoms with van der Waals surface area (Å²) in [5.41, 5.74) is 1.54. The third-order valence-corrected chi connectivity index (χ3v) is 7.65. The van der Waals surface area contributed by atoms with E-state index in [-0.39, 0.29) is 28.8 Å². The number of hydrogen-bond donors (Lipinski definition) is 1. The number of anilines is 1. The monoisotopic (exact) mass is 503 g/mol. The van der Waals surface area contributed by atoms with Crippen molar-refractivity contribution in [2.24, 2.45) is 11.1 Å². The van der Waals surface area contributed by atoms with E-state index >= 15 is 0 Å². The Kier molecular flexibility index (Phi) is 7.53. The number of carbonyl (C=O) groups excluding carboxylic acids is 2. The molecule has 1 heterocycles. The number of benzene rings is 2. The van der Waals surface area contributed by atoms with E-state index in [0.717, 1.165) is 12.8 Å². The second-order valence-electron chi connectivity index (χ2n) is 9.18. The van der Waals surface area contributed by atoms with Crippen molar-refractivity contribution < 1.29 is 27.1 Å². The fraction of sp³-hybridized carbons (Fsp3) is 0.440. The van der Waals surface area contributed by atoms with Crippen molar-refractivity contribution in [3.8, 4) is 0 Å². The second kappa shape index (κ2) is 10.4. The third kappa shape index (κ3) is 5.88. The van der Waals surface area contributed by atoms with Crippen molar-refractivity contribution in [2.75, 3.05) is 37.7 Å². The molecule has 188 valence electrons. The van der Waals surface area contributed by atoms with E-state index in [2.05, 4.69) is 0 Å². The average molecular weight is 504 g/mol. The Balaban J connectivity index is 1.47. The molecule has 1 amide bonds. The van der Waals surface area contributed by atoms with Crippen LogP contribution in [0.25, 0.3) is 0 Å². The van der Waals surface area contributed by atoms with Gasteiger partial charge in [0.15, 0.2) is 5.78 Å². The maximum atomic E-state index is 14.6. The lowest BCUT2D eigenvalue weighted by molar-refractivity contribution is 0.0577. The molecular weight excluding hydrogens is 473 g/mol. The molecule has 0 radical (unpaired) electrons. The molecule has 1 aliphatic heterocycles. The number of Topliss-reactive ketones (excluding diaryl/α,β-unsaturated/α-hetero) is 1. The molecule has 1 aliphatic carbocycles. The largest absolute Gasteiger partial charge is 0.376 e. The summed E-state index contributed by atoms with van der Waals surface area (Å²) >= 11 is 0. The topological polar surface area (TPSA) is 110 Å². The quantitative estimate of drug-likeness (QED) is 0.555. The molecule has 0 aromatic heterocycles. The highest BCUT2D eigenvalue weighted by atomic mass is 32.2. The van der Waals surface area contributed by atoms with Gasteiger partial charge in [0.05, 0.1) is 17.2 Å². The molecule has 0 atom stereocenters. The average Bonchev–Trinajstić information content (AvgIpc) is 2.79. The van der Waals surface area contributed by atoms with E-state index in [9.17, 15) is 22.4 Å². The van der Waals surface area contributed by atoms with Gasteiger partial charge in [-0.1, -0.05) is 12.5 Å². The Morgan fingerprint density at radius 1 is 1.09 bits per heavy atom.